The van der Waals surface area contributed by atoms with Crippen molar-refractivity contribution in [2.24, 2.45) is 16.6 Å². The first-order chi connectivity index (χ1) is 9.16. The van der Waals surface area contributed by atoms with E-state index in [9.17, 15) is 0 Å². The summed E-state index contributed by atoms with van der Waals surface area (Å²) in [7, 11) is 0. The summed E-state index contributed by atoms with van der Waals surface area (Å²) in [6, 6.07) is 6.12. The first-order valence-corrected chi connectivity index (χ1v) is 7.46. The van der Waals surface area contributed by atoms with Crippen LogP contribution in [0.15, 0.2) is 27.7 Å². The Morgan fingerprint density at radius 3 is 3.00 bits per heavy atom. The number of hydrogen-bond acceptors (Lipinski definition) is 4. The Labute approximate surface area is 125 Å². The van der Waals surface area contributed by atoms with Gasteiger partial charge in [-0.3, -0.25) is 4.99 Å². The summed E-state index contributed by atoms with van der Waals surface area (Å²) in [5, 5.41) is 0.694. The van der Waals surface area contributed by atoms with Gasteiger partial charge in [-0.25, -0.2) is 0 Å². The maximum Gasteiger partial charge on any atom is 0.196 e. The summed E-state index contributed by atoms with van der Waals surface area (Å²) in [6.45, 7) is 2.36. The van der Waals surface area contributed by atoms with Crippen LogP contribution in [0.4, 0.5) is 5.69 Å². The molecule has 3 rings (SSSR count). The van der Waals surface area contributed by atoms with E-state index in [1.807, 2.05) is 18.2 Å². The van der Waals surface area contributed by atoms with E-state index in [1.54, 1.807) is 0 Å². The Morgan fingerprint density at radius 1 is 1.47 bits per heavy atom. The quantitative estimate of drug-likeness (QED) is 0.897. The average molecular weight is 345 g/mol. The van der Waals surface area contributed by atoms with Crippen molar-refractivity contribution < 1.29 is 4.74 Å². The van der Waals surface area contributed by atoms with E-state index < -0.39 is 0 Å². The highest BCUT2D eigenvalue weighted by Crippen LogP contribution is 2.33. The SMILES string of the molecule is NC1=NCC(C2CCOC2)N1c1ccc(Cl)c(Br)c1. The molecule has 0 saturated carbocycles. The molecule has 0 aliphatic carbocycles. The highest BCUT2D eigenvalue weighted by molar-refractivity contribution is 9.10. The van der Waals surface area contributed by atoms with Crippen LogP contribution in [0.1, 0.15) is 6.42 Å². The Kier molecular flexibility index (Phi) is 3.69. The number of halogens is 2. The summed E-state index contributed by atoms with van der Waals surface area (Å²) in [6.07, 6.45) is 1.07. The van der Waals surface area contributed by atoms with E-state index in [2.05, 4.69) is 25.8 Å². The van der Waals surface area contributed by atoms with Gasteiger partial charge >= 0.3 is 0 Å². The van der Waals surface area contributed by atoms with Crippen LogP contribution >= 0.6 is 27.5 Å². The van der Waals surface area contributed by atoms with Gasteiger partial charge in [-0.05, 0) is 40.5 Å². The van der Waals surface area contributed by atoms with Crippen molar-refractivity contribution in [2.45, 2.75) is 12.5 Å². The zero-order chi connectivity index (χ0) is 13.4. The lowest BCUT2D eigenvalue weighted by Crippen LogP contribution is -2.45. The summed E-state index contributed by atoms with van der Waals surface area (Å²) >= 11 is 9.49. The van der Waals surface area contributed by atoms with Crippen molar-refractivity contribution in [1.82, 2.24) is 0 Å². The number of ether oxygens (including phenoxy) is 1. The van der Waals surface area contributed by atoms with Crippen LogP contribution in [0.25, 0.3) is 0 Å². The number of aliphatic imine (C=N–C) groups is 1. The van der Waals surface area contributed by atoms with Crippen LogP contribution in [0, 0.1) is 5.92 Å². The van der Waals surface area contributed by atoms with E-state index in [-0.39, 0.29) is 6.04 Å². The third kappa shape index (κ3) is 2.47. The second-order valence-corrected chi connectivity index (χ2v) is 6.12. The number of hydrogen-bond donors (Lipinski definition) is 1. The fourth-order valence-corrected chi connectivity index (χ4v) is 3.17. The van der Waals surface area contributed by atoms with Crippen molar-refractivity contribution in [3.63, 3.8) is 0 Å². The maximum atomic E-state index is 6.04. The molecule has 1 aromatic carbocycles. The molecule has 102 valence electrons. The van der Waals surface area contributed by atoms with Crippen molar-refractivity contribution >= 4 is 39.2 Å². The number of benzene rings is 1. The smallest absolute Gasteiger partial charge is 0.196 e. The second-order valence-electron chi connectivity index (χ2n) is 4.86. The summed E-state index contributed by atoms with van der Waals surface area (Å²) in [5.41, 5.74) is 7.06. The number of nitrogens with zero attached hydrogens (tertiary/aromatic N) is 2. The van der Waals surface area contributed by atoms with Gasteiger partial charge < -0.3 is 15.4 Å². The fraction of sp³-hybridized carbons (Fsp3) is 0.462. The Bertz CT molecular complexity index is 517. The molecule has 1 saturated heterocycles. The van der Waals surface area contributed by atoms with Gasteiger partial charge in [-0.2, -0.15) is 0 Å². The van der Waals surface area contributed by atoms with Gasteiger partial charge in [-0.15, -0.1) is 0 Å². The lowest BCUT2D eigenvalue weighted by Gasteiger charge is -2.30. The molecule has 0 bridgehead atoms. The largest absolute Gasteiger partial charge is 0.381 e. The Hall–Kier alpha value is -0.780. The second kappa shape index (κ2) is 5.31. The first kappa shape index (κ1) is 13.2. The molecular formula is C13H15BrClN3O. The molecule has 2 unspecified atom stereocenters. The van der Waals surface area contributed by atoms with Crippen molar-refractivity contribution in [3.8, 4) is 0 Å². The molecule has 1 fully saturated rings. The Balaban J connectivity index is 1.90. The van der Waals surface area contributed by atoms with Crippen LogP contribution < -0.4 is 10.6 Å². The molecule has 19 heavy (non-hydrogen) atoms. The van der Waals surface area contributed by atoms with Gasteiger partial charge in [0.25, 0.3) is 0 Å². The molecule has 0 amide bonds. The summed E-state index contributed by atoms with van der Waals surface area (Å²) < 4.78 is 6.35. The molecule has 0 aromatic heterocycles. The van der Waals surface area contributed by atoms with E-state index in [0.717, 1.165) is 36.3 Å². The molecule has 6 heteroatoms. The molecule has 2 N–H and O–H groups in total. The van der Waals surface area contributed by atoms with Gasteiger partial charge in [0, 0.05) is 22.7 Å². The standard InChI is InChI=1S/C13H15BrClN3O/c14-10-5-9(1-2-11(10)15)18-12(6-17-13(18)16)8-3-4-19-7-8/h1-2,5,8,12H,3-4,6-7H2,(H2,16,17). The number of anilines is 1. The van der Waals surface area contributed by atoms with Gasteiger partial charge in [0.05, 0.1) is 24.2 Å². The fourth-order valence-electron chi connectivity index (χ4n) is 2.69. The first-order valence-electron chi connectivity index (χ1n) is 6.29. The lowest BCUT2D eigenvalue weighted by molar-refractivity contribution is 0.182. The molecule has 0 radical (unpaired) electrons. The normalized spacial score (nSPS) is 26.8. The Morgan fingerprint density at radius 2 is 2.32 bits per heavy atom. The zero-order valence-corrected chi connectivity index (χ0v) is 12.7. The molecule has 2 aliphatic heterocycles. The number of rotatable bonds is 2. The molecule has 0 spiro atoms. The maximum absolute atomic E-state index is 6.04. The van der Waals surface area contributed by atoms with Gasteiger partial charge in [0.2, 0.25) is 0 Å². The zero-order valence-electron chi connectivity index (χ0n) is 10.4. The average Bonchev–Trinajstić information content (AvgIpc) is 3.01. The van der Waals surface area contributed by atoms with E-state index in [4.69, 9.17) is 22.1 Å². The molecule has 2 atom stereocenters. The third-order valence-corrected chi connectivity index (χ3v) is 4.92. The number of nitrogens with two attached hydrogens (primary N) is 1. The molecule has 4 nitrogen and oxygen atoms in total. The molecule has 2 aliphatic rings. The number of guanidine groups is 1. The van der Waals surface area contributed by atoms with Gasteiger partial charge in [0.15, 0.2) is 5.96 Å². The van der Waals surface area contributed by atoms with E-state index in [1.165, 1.54) is 0 Å². The van der Waals surface area contributed by atoms with Crippen molar-refractivity contribution in [2.75, 3.05) is 24.7 Å². The van der Waals surface area contributed by atoms with Crippen molar-refractivity contribution in [1.29, 1.82) is 0 Å². The lowest BCUT2D eigenvalue weighted by atomic mass is 9.98. The topological polar surface area (TPSA) is 50.9 Å². The third-order valence-electron chi connectivity index (χ3n) is 3.71. The molecular weight excluding hydrogens is 330 g/mol. The minimum absolute atomic E-state index is 0.288. The summed E-state index contributed by atoms with van der Waals surface area (Å²) in [4.78, 5) is 6.49. The van der Waals surface area contributed by atoms with E-state index >= 15 is 0 Å². The van der Waals surface area contributed by atoms with E-state index in [0.29, 0.717) is 16.9 Å². The van der Waals surface area contributed by atoms with Crippen LogP contribution in [-0.2, 0) is 4.74 Å². The van der Waals surface area contributed by atoms with Gasteiger partial charge in [-0.1, -0.05) is 11.6 Å². The summed E-state index contributed by atoms with van der Waals surface area (Å²) in [5.74, 6) is 1.06. The minimum Gasteiger partial charge on any atom is -0.381 e. The highest BCUT2D eigenvalue weighted by Gasteiger charge is 2.36. The van der Waals surface area contributed by atoms with Crippen LogP contribution in [-0.4, -0.2) is 31.8 Å². The minimum atomic E-state index is 0.288. The monoisotopic (exact) mass is 343 g/mol. The van der Waals surface area contributed by atoms with Crippen molar-refractivity contribution in [3.05, 3.63) is 27.7 Å². The predicted octanol–water partition coefficient (Wildman–Crippen LogP) is 2.64. The highest BCUT2D eigenvalue weighted by atomic mass is 79.9. The van der Waals surface area contributed by atoms with Gasteiger partial charge in [0.1, 0.15) is 0 Å². The van der Waals surface area contributed by atoms with Crippen LogP contribution in [0.3, 0.4) is 0 Å². The molecule has 2 heterocycles. The predicted molar refractivity (Wildman–Crippen MR) is 80.8 cm³/mol. The molecule has 1 aromatic rings. The van der Waals surface area contributed by atoms with Crippen LogP contribution in [0.2, 0.25) is 5.02 Å². The van der Waals surface area contributed by atoms with Crippen LogP contribution in [0.5, 0.6) is 0 Å².